The van der Waals surface area contributed by atoms with E-state index in [0.717, 1.165) is 55.1 Å². The predicted octanol–water partition coefficient (Wildman–Crippen LogP) is 6.55. The van der Waals surface area contributed by atoms with E-state index < -0.39 is 0 Å². The van der Waals surface area contributed by atoms with Gasteiger partial charge in [0.25, 0.3) is 11.9 Å². The van der Waals surface area contributed by atoms with Gasteiger partial charge in [0, 0.05) is 52.6 Å². The van der Waals surface area contributed by atoms with E-state index in [1.165, 1.54) is 0 Å². The van der Waals surface area contributed by atoms with Crippen molar-refractivity contribution in [3.63, 3.8) is 0 Å². The SMILES string of the molecule is NC1=Nc2cccc3c4c(cc(c23)O1)N(C(=O)c1cc2cc(CC(=O)c3cc5ccccc5[nH]3)ccc2[nH]1)C[C@H]4CCl. The highest BCUT2D eigenvalue weighted by Gasteiger charge is 2.36. The highest BCUT2D eigenvalue weighted by Crippen LogP contribution is 2.49. The number of nitrogens with two attached hydrogens (primary N) is 1. The molecule has 1 amide bonds. The second kappa shape index (κ2) is 9.22. The van der Waals surface area contributed by atoms with Gasteiger partial charge in [-0.3, -0.25) is 9.59 Å². The monoisotopic (exact) mass is 573 g/mol. The Morgan fingerprint density at radius 1 is 0.952 bits per heavy atom. The molecule has 42 heavy (non-hydrogen) atoms. The quantitative estimate of drug-likeness (QED) is 0.160. The molecule has 0 fully saturated rings. The van der Waals surface area contributed by atoms with Gasteiger partial charge in [-0.1, -0.05) is 36.4 Å². The summed E-state index contributed by atoms with van der Waals surface area (Å²) in [7, 11) is 0. The molecule has 8 nitrogen and oxygen atoms in total. The third-order valence-corrected chi connectivity index (χ3v) is 8.58. The maximum Gasteiger partial charge on any atom is 0.292 e. The molecule has 8 rings (SSSR count). The maximum atomic E-state index is 14.0. The molecule has 0 radical (unpaired) electrons. The number of H-pyrrole nitrogens is 2. The van der Waals surface area contributed by atoms with Crippen LogP contribution in [0.3, 0.4) is 0 Å². The highest BCUT2D eigenvalue weighted by atomic mass is 35.5. The minimum absolute atomic E-state index is 0.00502. The number of benzene rings is 4. The molecule has 0 spiro atoms. The number of nitrogens with one attached hydrogen (secondary N) is 2. The summed E-state index contributed by atoms with van der Waals surface area (Å²) in [6.07, 6.45) is 0.248. The zero-order valence-electron chi connectivity index (χ0n) is 22.3. The van der Waals surface area contributed by atoms with Crippen LogP contribution >= 0.6 is 11.6 Å². The van der Waals surface area contributed by atoms with Crippen LogP contribution < -0.4 is 15.4 Å². The highest BCUT2D eigenvalue weighted by molar-refractivity contribution is 6.20. The molecule has 0 aliphatic carbocycles. The van der Waals surface area contributed by atoms with E-state index in [1.807, 2.05) is 78.9 Å². The largest absolute Gasteiger partial charge is 0.425 e. The van der Waals surface area contributed by atoms with Gasteiger partial charge < -0.3 is 25.3 Å². The lowest BCUT2D eigenvalue weighted by Crippen LogP contribution is -2.30. The third-order valence-electron chi connectivity index (χ3n) is 8.21. The molecule has 0 saturated carbocycles. The number of hydrogen-bond donors (Lipinski definition) is 3. The van der Waals surface area contributed by atoms with Crippen LogP contribution in [0.15, 0.2) is 83.9 Å². The number of aromatic amines is 2. The number of ketones is 1. The first-order chi connectivity index (χ1) is 20.5. The average molecular weight is 574 g/mol. The minimum atomic E-state index is -0.170. The van der Waals surface area contributed by atoms with E-state index in [2.05, 4.69) is 15.0 Å². The van der Waals surface area contributed by atoms with Crippen LogP contribution in [0.25, 0.3) is 32.6 Å². The number of Topliss-reactive ketones (excluding diaryl/α,β-unsaturated/α-hetero) is 1. The van der Waals surface area contributed by atoms with Crippen molar-refractivity contribution >= 4 is 73.3 Å². The number of halogens is 1. The Kier molecular flexibility index (Phi) is 5.42. The van der Waals surface area contributed by atoms with Crippen LogP contribution in [0.4, 0.5) is 11.4 Å². The zero-order chi connectivity index (χ0) is 28.5. The number of alkyl halides is 1. The number of amides is 1. The molecule has 4 heterocycles. The van der Waals surface area contributed by atoms with Gasteiger partial charge in [0.15, 0.2) is 5.78 Å². The van der Waals surface area contributed by atoms with E-state index >= 15 is 0 Å². The Hall–Kier alpha value is -5.08. The average Bonchev–Trinajstić information content (AvgIpc) is 3.71. The van der Waals surface area contributed by atoms with Crippen molar-refractivity contribution in [3.05, 3.63) is 101 Å². The van der Waals surface area contributed by atoms with Gasteiger partial charge in [0.2, 0.25) is 0 Å². The number of aliphatic imine (C=N–C) groups is 1. The van der Waals surface area contributed by atoms with E-state index in [1.54, 1.807) is 4.90 Å². The van der Waals surface area contributed by atoms with E-state index in [9.17, 15) is 9.59 Å². The Morgan fingerprint density at radius 3 is 2.62 bits per heavy atom. The molecule has 0 bridgehead atoms. The van der Waals surface area contributed by atoms with Gasteiger partial charge >= 0.3 is 0 Å². The van der Waals surface area contributed by atoms with Crippen molar-refractivity contribution in [3.8, 4) is 5.75 Å². The van der Waals surface area contributed by atoms with Crippen LogP contribution in [-0.2, 0) is 6.42 Å². The summed E-state index contributed by atoms with van der Waals surface area (Å²) in [6.45, 7) is 0.441. The number of fused-ring (bicyclic) bond motifs is 4. The second-order valence-electron chi connectivity index (χ2n) is 10.8. The molecule has 2 aromatic heterocycles. The zero-order valence-corrected chi connectivity index (χ0v) is 23.0. The van der Waals surface area contributed by atoms with Gasteiger partial charge in [-0.2, -0.15) is 4.99 Å². The summed E-state index contributed by atoms with van der Waals surface area (Å²) in [4.78, 5) is 39.6. The van der Waals surface area contributed by atoms with E-state index in [-0.39, 0.29) is 30.1 Å². The maximum absolute atomic E-state index is 14.0. The van der Waals surface area contributed by atoms with Crippen molar-refractivity contribution in [2.45, 2.75) is 12.3 Å². The fraction of sp³-hybridized carbons (Fsp3) is 0.121. The number of nitrogens with zero attached hydrogens (tertiary/aromatic N) is 2. The summed E-state index contributed by atoms with van der Waals surface area (Å²) in [5.41, 5.74) is 12.1. The Morgan fingerprint density at radius 2 is 1.76 bits per heavy atom. The molecule has 4 N–H and O–H groups in total. The topological polar surface area (TPSA) is 117 Å². The first-order valence-electron chi connectivity index (χ1n) is 13.7. The fourth-order valence-corrected chi connectivity index (χ4v) is 6.55. The number of aromatic nitrogens is 2. The van der Waals surface area contributed by atoms with Gasteiger partial charge in [-0.25, -0.2) is 0 Å². The third kappa shape index (κ3) is 3.79. The van der Waals surface area contributed by atoms with Crippen molar-refractivity contribution in [2.75, 3.05) is 17.3 Å². The van der Waals surface area contributed by atoms with Gasteiger partial charge in [0.1, 0.15) is 11.4 Å². The van der Waals surface area contributed by atoms with Crippen LogP contribution in [0.2, 0.25) is 0 Å². The van der Waals surface area contributed by atoms with Crippen LogP contribution in [-0.4, -0.2) is 40.1 Å². The lowest BCUT2D eigenvalue weighted by Gasteiger charge is -2.21. The summed E-state index contributed by atoms with van der Waals surface area (Å²) < 4.78 is 5.79. The number of hydrogen-bond acceptors (Lipinski definition) is 5. The molecule has 2 aliphatic heterocycles. The van der Waals surface area contributed by atoms with Gasteiger partial charge in [0.05, 0.1) is 22.5 Å². The lowest BCUT2D eigenvalue weighted by molar-refractivity contribution is 0.0978. The van der Waals surface area contributed by atoms with Crippen molar-refractivity contribution in [1.82, 2.24) is 9.97 Å². The summed E-state index contributed by atoms with van der Waals surface area (Å²) in [5.74, 6) is 0.717. The minimum Gasteiger partial charge on any atom is -0.425 e. The predicted molar refractivity (Wildman–Crippen MR) is 166 cm³/mol. The molecule has 4 aromatic carbocycles. The smallest absolute Gasteiger partial charge is 0.292 e. The lowest BCUT2D eigenvalue weighted by atomic mass is 9.94. The number of carbonyl (C=O) groups excluding carboxylic acids is 2. The molecular weight excluding hydrogens is 550 g/mol. The standard InChI is InChI=1S/C33H24ClN5O3/c34-15-20-16-39(27-14-29-31-21(30(20)27)5-3-7-24(31)38-33(35)42-29)32(41)26-13-19-10-17(8-9-23(19)37-26)11-28(40)25-12-18-4-1-2-6-22(18)36-25/h1-10,12-14,20,36-37H,11,15-16H2,(H2,35,38)/t20-/m1/s1. The van der Waals surface area contributed by atoms with Crippen molar-refractivity contribution in [1.29, 1.82) is 0 Å². The molecule has 0 saturated heterocycles. The van der Waals surface area contributed by atoms with Gasteiger partial charge in [-0.15, -0.1) is 11.6 Å². The van der Waals surface area contributed by atoms with Crippen LogP contribution in [0.1, 0.15) is 38.0 Å². The Labute approximate surface area is 244 Å². The normalized spacial score (nSPS) is 15.7. The molecule has 206 valence electrons. The summed E-state index contributed by atoms with van der Waals surface area (Å²) in [6, 6.07) is 25.1. The summed E-state index contributed by atoms with van der Waals surface area (Å²) >= 11 is 6.44. The van der Waals surface area contributed by atoms with Crippen LogP contribution in [0.5, 0.6) is 5.75 Å². The molecular formula is C33H24ClN5O3. The molecule has 2 aliphatic rings. The molecule has 6 aromatic rings. The van der Waals surface area contributed by atoms with E-state index in [4.69, 9.17) is 22.1 Å². The molecule has 0 unspecified atom stereocenters. The number of rotatable bonds is 5. The number of anilines is 1. The number of ether oxygens (including phenoxy) is 1. The molecule has 1 atom stereocenters. The Bertz CT molecular complexity index is 2110. The number of para-hydroxylation sites is 1. The van der Waals surface area contributed by atoms with E-state index in [0.29, 0.717) is 29.6 Å². The van der Waals surface area contributed by atoms with Crippen molar-refractivity contribution < 1.29 is 14.3 Å². The summed E-state index contributed by atoms with van der Waals surface area (Å²) in [5, 5.41) is 3.69. The first kappa shape index (κ1) is 24.7. The van der Waals surface area contributed by atoms with Gasteiger partial charge in [-0.05, 0) is 52.9 Å². The number of carbonyl (C=O) groups is 2. The van der Waals surface area contributed by atoms with Crippen LogP contribution in [0, 0.1) is 0 Å². The first-order valence-corrected chi connectivity index (χ1v) is 14.2. The van der Waals surface area contributed by atoms with Crippen molar-refractivity contribution in [2.24, 2.45) is 10.7 Å². The second-order valence-corrected chi connectivity index (χ2v) is 11.1. The fourth-order valence-electron chi connectivity index (χ4n) is 6.30. The number of amidine groups is 1. The Balaban J connectivity index is 1.12. The molecule has 9 heteroatoms.